The normalized spacial score (nSPS) is 14.5. The fourth-order valence-corrected chi connectivity index (χ4v) is 14.2. The molecule has 0 radical (unpaired) electrons. The fourth-order valence-electron chi connectivity index (χ4n) is 12.6. The molecule has 0 spiro atoms. The number of ether oxygens (including phenoxy) is 4. The standard InChI is InChI=1S/C82H160O17P2/c1-8-11-12-13-14-15-16-17-18-21-25-28-31-34-42-49-56-63-79(84)92-69-77(98-81(86)65-58-51-43-35-32-29-26-23-20-19-22-24-27-30-33-40-47-54-61-74(6)9-2)71-96-100(88,89)94-67-76(83)68-95-101(90,91)97-72-78(70-93-80(85)64-57-50-45-38-39-46-53-60-73(4)5)99-82(87)66-59-52-44-37-36-41-48-55-62-75(7)10-3/h73-78,83H,8-72H2,1-7H3,(H,88,89)(H,90,91)/t74?,75?,76-,77-,78-/m1/s1. The molecule has 7 atom stereocenters. The molecule has 600 valence electrons. The van der Waals surface area contributed by atoms with E-state index in [1.807, 2.05) is 0 Å². The fraction of sp³-hybridized carbons (Fsp3) is 0.951. The van der Waals surface area contributed by atoms with Crippen molar-refractivity contribution in [3.05, 3.63) is 0 Å². The van der Waals surface area contributed by atoms with Gasteiger partial charge in [0.1, 0.15) is 19.3 Å². The minimum absolute atomic E-state index is 0.104. The van der Waals surface area contributed by atoms with Gasteiger partial charge >= 0.3 is 39.5 Å². The van der Waals surface area contributed by atoms with Crippen molar-refractivity contribution in [2.24, 2.45) is 17.8 Å². The molecule has 0 amide bonds. The molecule has 17 nitrogen and oxygen atoms in total. The zero-order valence-electron chi connectivity index (χ0n) is 66.4. The van der Waals surface area contributed by atoms with Crippen molar-refractivity contribution in [2.45, 2.75) is 446 Å². The van der Waals surface area contributed by atoms with Gasteiger partial charge in [0.15, 0.2) is 12.2 Å². The zero-order valence-corrected chi connectivity index (χ0v) is 68.2. The first-order chi connectivity index (χ1) is 48.8. The third-order valence-corrected chi connectivity index (χ3v) is 21.8. The lowest BCUT2D eigenvalue weighted by Gasteiger charge is -2.21. The second-order valence-corrected chi connectivity index (χ2v) is 33.4. The summed E-state index contributed by atoms with van der Waals surface area (Å²) in [5, 5.41) is 10.6. The number of carbonyl (C=O) groups excluding carboxylic acids is 4. The zero-order chi connectivity index (χ0) is 74.4. The molecule has 0 aromatic rings. The molecule has 0 saturated carbocycles. The van der Waals surface area contributed by atoms with Crippen molar-refractivity contribution in [2.75, 3.05) is 39.6 Å². The topological polar surface area (TPSA) is 237 Å². The van der Waals surface area contributed by atoms with Crippen molar-refractivity contribution >= 4 is 39.5 Å². The Balaban J connectivity index is 5.21. The second-order valence-electron chi connectivity index (χ2n) is 30.5. The predicted octanol–water partition coefficient (Wildman–Crippen LogP) is 24.5. The smallest absolute Gasteiger partial charge is 0.462 e. The Kier molecular flexibility index (Phi) is 70.9. The van der Waals surface area contributed by atoms with Crippen molar-refractivity contribution in [3.8, 4) is 0 Å². The van der Waals surface area contributed by atoms with Crippen molar-refractivity contribution in [1.29, 1.82) is 0 Å². The maximum absolute atomic E-state index is 13.1. The molecular weight excluding hydrogens is 1320 g/mol. The van der Waals surface area contributed by atoms with E-state index < -0.39 is 97.5 Å². The first kappa shape index (κ1) is 99.1. The van der Waals surface area contributed by atoms with Gasteiger partial charge in [-0.1, -0.05) is 376 Å². The molecule has 0 aromatic carbocycles. The molecule has 19 heteroatoms. The molecule has 0 rings (SSSR count). The number of aliphatic hydroxyl groups is 1. The molecule has 0 aliphatic carbocycles. The molecule has 0 aliphatic heterocycles. The number of esters is 4. The van der Waals surface area contributed by atoms with Gasteiger partial charge in [-0.25, -0.2) is 9.13 Å². The van der Waals surface area contributed by atoms with Gasteiger partial charge in [0.25, 0.3) is 0 Å². The summed E-state index contributed by atoms with van der Waals surface area (Å²) in [5.74, 6) is 0.233. The number of phosphoric ester groups is 2. The maximum atomic E-state index is 13.1. The van der Waals surface area contributed by atoms with Crippen LogP contribution < -0.4 is 0 Å². The van der Waals surface area contributed by atoms with Crippen LogP contribution in [0, 0.1) is 17.8 Å². The summed E-state index contributed by atoms with van der Waals surface area (Å²) in [6, 6.07) is 0. The van der Waals surface area contributed by atoms with E-state index in [2.05, 4.69) is 48.5 Å². The van der Waals surface area contributed by atoms with E-state index in [0.717, 1.165) is 108 Å². The number of carbonyl (C=O) groups is 4. The molecule has 4 unspecified atom stereocenters. The SMILES string of the molecule is CCCCCCCCCCCCCCCCCCCC(=O)OC[C@H](COP(=O)(O)OC[C@@H](O)COP(=O)(O)OC[C@@H](COC(=O)CCCCCCCCCC(C)C)OC(=O)CCCCCCCCCCC(C)CC)OC(=O)CCCCCCCCCCCCCCCCCCCCC(C)CC. The summed E-state index contributed by atoms with van der Waals surface area (Å²) in [4.78, 5) is 73.0. The molecule has 0 bridgehead atoms. The Labute approximate surface area is 619 Å². The van der Waals surface area contributed by atoms with Gasteiger partial charge in [-0.2, -0.15) is 0 Å². The molecule has 101 heavy (non-hydrogen) atoms. The van der Waals surface area contributed by atoms with Crippen LogP contribution in [0.4, 0.5) is 0 Å². The van der Waals surface area contributed by atoms with E-state index in [0.29, 0.717) is 31.6 Å². The van der Waals surface area contributed by atoms with Crippen molar-refractivity contribution < 1.29 is 80.2 Å². The lowest BCUT2D eigenvalue weighted by Crippen LogP contribution is -2.30. The molecule has 0 saturated heterocycles. The van der Waals surface area contributed by atoms with Crippen molar-refractivity contribution in [3.63, 3.8) is 0 Å². The first-order valence-electron chi connectivity index (χ1n) is 42.4. The Morgan fingerprint density at radius 2 is 0.505 bits per heavy atom. The summed E-state index contributed by atoms with van der Waals surface area (Å²) < 4.78 is 68.7. The highest BCUT2D eigenvalue weighted by molar-refractivity contribution is 7.47. The van der Waals surface area contributed by atoms with Crippen LogP contribution in [0.3, 0.4) is 0 Å². The van der Waals surface area contributed by atoms with Crippen LogP contribution in [-0.4, -0.2) is 96.7 Å². The van der Waals surface area contributed by atoms with Gasteiger partial charge < -0.3 is 33.8 Å². The summed E-state index contributed by atoms with van der Waals surface area (Å²) >= 11 is 0. The van der Waals surface area contributed by atoms with Crippen LogP contribution in [0.5, 0.6) is 0 Å². The largest absolute Gasteiger partial charge is 0.472 e. The number of phosphoric acid groups is 2. The van der Waals surface area contributed by atoms with E-state index in [4.69, 9.17) is 37.0 Å². The van der Waals surface area contributed by atoms with E-state index >= 15 is 0 Å². The van der Waals surface area contributed by atoms with Crippen LogP contribution in [-0.2, 0) is 65.4 Å². The highest BCUT2D eigenvalue weighted by atomic mass is 31.2. The third-order valence-electron chi connectivity index (χ3n) is 19.9. The highest BCUT2D eigenvalue weighted by Crippen LogP contribution is 2.45. The molecule has 3 N–H and O–H groups in total. The lowest BCUT2D eigenvalue weighted by molar-refractivity contribution is -0.161. The maximum Gasteiger partial charge on any atom is 0.472 e. The van der Waals surface area contributed by atoms with Crippen molar-refractivity contribution in [1.82, 2.24) is 0 Å². The summed E-state index contributed by atoms with van der Waals surface area (Å²) in [7, 11) is -9.92. The number of aliphatic hydroxyl groups excluding tert-OH is 1. The van der Waals surface area contributed by atoms with Crippen LogP contribution in [0.2, 0.25) is 0 Å². The van der Waals surface area contributed by atoms with E-state index in [1.54, 1.807) is 0 Å². The number of unbranched alkanes of at least 4 members (excludes halogenated alkanes) is 46. The average molecular weight is 1480 g/mol. The molecule has 0 aliphatic rings. The van der Waals surface area contributed by atoms with Gasteiger partial charge in [0.2, 0.25) is 0 Å². The number of hydrogen-bond acceptors (Lipinski definition) is 15. The van der Waals surface area contributed by atoms with Crippen LogP contribution in [0.15, 0.2) is 0 Å². The van der Waals surface area contributed by atoms with Gasteiger partial charge in [-0.3, -0.25) is 37.3 Å². The Morgan fingerprint density at radius 1 is 0.287 bits per heavy atom. The Bertz CT molecular complexity index is 1960. The number of rotatable bonds is 80. The average Bonchev–Trinajstić information content (AvgIpc) is 1.04. The van der Waals surface area contributed by atoms with Crippen LogP contribution >= 0.6 is 15.6 Å². The predicted molar refractivity (Wildman–Crippen MR) is 414 cm³/mol. The molecule has 0 aromatic heterocycles. The highest BCUT2D eigenvalue weighted by Gasteiger charge is 2.30. The summed E-state index contributed by atoms with van der Waals surface area (Å²) in [5.41, 5.74) is 0. The van der Waals surface area contributed by atoms with E-state index in [1.165, 1.54) is 231 Å². The van der Waals surface area contributed by atoms with Gasteiger partial charge in [0, 0.05) is 25.7 Å². The quantitative estimate of drug-likeness (QED) is 0.0222. The lowest BCUT2D eigenvalue weighted by atomic mass is 9.99. The second kappa shape index (κ2) is 72.3. The Morgan fingerprint density at radius 3 is 0.752 bits per heavy atom. The third kappa shape index (κ3) is 73.4. The van der Waals surface area contributed by atoms with Gasteiger partial charge in [0.05, 0.1) is 26.4 Å². The summed E-state index contributed by atoms with van der Waals surface area (Å²) in [6.07, 6.45) is 61.2. The minimum Gasteiger partial charge on any atom is -0.462 e. The van der Waals surface area contributed by atoms with E-state index in [9.17, 15) is 43.2 Å². The Hall–Kier alpha value is -1.94. The van der Waals surface area contributed by atoms with Gasteiger partial charge in [-0.05, 0) is 43.4 Å². The van der Waals surface area contributed by atoms with Crippen LogP contribution in [0.1, 0.15) is 427 Å². The molecule has 0 heterocycles. The first-order valence-corrected chi connectivity index (χ1v) is 45.4. The van der Waals surface area contributed by atoms with Crippen LogP contribution in [0.25, 0.3) is 0 Å². The van der Waals surface area contributed by atoms with Gasteiger partial charge in [-0.15, -0.1) is 0 Å². The summed E-state index contributed by atoms with van der Waals surface area (Å²) in [6.45, 7) is 11.9. The monoisotopic (exact) mass is 1480 g/mol. The molecular formula is C82H160O17P2. The number of hydrogen-bond donors (Lipinski definition) is 3. The van der Waals surface area contributed by atoms with E-state index in [-0.39, 0.29) is 25.7 Å². The minimum atomic E-state index is -4.96. The molecule has 0 fully saturated rings.